The Bertz CT molecular complexity index is 148. The van der Waals surface area contributed by atoms with Crippen LogP contribution in [-0.2, 0) is 10.8 Å². The molecule has 0 aliphatic carbocycles. The fourth-order valence-electron chi connectivity index (χ4n) is 1.06. The largest absolute Gasteiger partial charge is 0.258 e. The molecule has 0 aromatic carbocycles. The van der Waals surface area contributed by atoms with Gasteiger partial charge in [0.15, 0.2) is 0 Å². The van der Waals surface area contributed by atoms with Crippen LogP contribution in [0, 0.1) is 5.41 Å². The summed E-state index contributed by atoms with van der Waals surface area (Å²) in [6.07, 6.45) is 0. The summed E-state index contributed by atoms with van der Waals surface area (Å²) in [6, 6.07) is 0. The third-order valence-electron chi connectivity index (χ3n) is 1.50. The second-order valence-electron chi connectivity index (χ2n) is 3.65. The molecule has 1 aliphatic heterocycles. The van der Waals surface area contributed by atoms with Crippen LogP contribution in [0.25, 0.3) is 0 Å². The van der Waals surface area contributed by atoms with Gasteiger partial charge in [-0.1, -0.05) is 20.8 Å². The summed E-state index contributed by atoms with van der Waals surface area (Å²) in [6.45, 7) is 6.48. The highest BCUT2D eigenvalue weighted by atomic mass is 32.2. The lowest BCUT2D eigenvalue weighted by molar-refractivity contribution is 0.454. The summed E-state index contributed by atoms with van der Waals surface area (Å²) in [5.74, 6) is 1.97. The van der Waals surface area contributed by atoms with Crippen LogP contribution in [0.15, 0.2) is 0 Å². The standard InChI is InChI=1S/C7H14OS2/c1-7(2,3)6-9-4-5-10(6)8/h6H,4-5H2,1-3H3. The van der Waals surface area contributed by atoms with E-state index in [0.29, 0.717) is 4.58 Å². The molecule has 0 saturated carbocycles. The van der Waals surface area contributed by atoms with Crippen molar-refractivity contribution in [2.45, 2.75) is 25.4 Å². The first-order valence-electron chi connectivity index (χ1n) is 3.50. The molecule has 1 nitrogen and oxygen atoms in total. The maximum absolute atomic E-state index is 11.3. The summed E-state index contributed by atoms with van der Waals surface area (Å²) in [4.78, 5) is 0. The molecule has 0 amide bonds. The van der Waals surface area contributed by atoms with Crippen molar-refractivity contribution in [3.63, 3.8) is 0 Å². The molecule has 0 N–H and O–H groups in total. The Kier molecular flexibility index (Phi) is 2.46. The van der Waals surface area contributed by atoms with Crippen molar-refractivity contribution in [1.29, 1.82) is 0 Å². The smallest absolute Gasteiger partial charge is 0.0850 e. The third kappa shape index (κ3) is 1.76. The second kappa shape index (κ2) is 2.86. The van der Waals surface area contributed by atoms with Crippen LogP contribution in [0.1, 0.15) is 20.8 Å². The van der Waals surface area contributed by atoms with E-state index in [1.54, 1.807) is 0 Å². The Hall–Kier alpha value is 0.500. The predicted octanol–water partition coefficient (Wildman–Crippen LogP) is 1.85. The average molecular weight is 178 g/mol. The lowest BCUT2D eigenvalue weighted by atomic mass is 10.0. The maximum atomic E-state index is 11.3. The van der Waals surface area contributed by atoms with Crippen molar-refractivity contribution in [2.75, 3.05) is 11.5 Å². The zero-order chi connectivity index (χ0) is 7.78. The number of thioether (sulfide) groups is 1. The SMILES string of the molecule is CC(C)(C)C1SCCS1=O. The molecule has 1 aliphatic rings. The maximum Gasteiger partial charge on any atom is 0.0850 e. The van der Waals surface area contributed by atoms with Crippen LogP contribution in [0.2, 0.25) is 0 Å². The predicted molar refractivity (Wildman–Crippen MR) is 48.7 cm³/mol. The zero-order valence-electron chi connectivity index (χ0n) is 6.72. The fraction of sp³-hybridized carbons (Fsp3) is 1.00. The molecule has 0 aromatic rings. The lowest BCUT2D eigenvalue weighted by Gasteiger charge is -2.24. The highest BCUT2D eigenvalue weighted by molar-refractivity contribution is 8.14. The third-order valence-corrected chi connectivity index (χ3v) is 6.05. The van der Waals surface area contributed by atoms with Gasteiger partial charge in [0.2, 0.25) is 0 Å². The number of hydrogen-bond donors (Lipinski definition) is 0. The number of rotatable bonds is 0. The van der Waals surface area contributed by atoms with Gasteiger partial charge in [-0.05, 0) is 5.41 Å². The summed E-state index contributed by atoms with van der Waals surface area (Å²) in [5.41, 5.74) is 0.214. The van der Waals surface area contributed by atoms with Crippen molar-refractivity contribution < 1.29 is 4.21 Å². The van der Waals surface area contributed by atoms with Crippen LogP contribution in [0.5, 0.6) is 0 Å². The molecular weight excluding hydrogens is 164 g/mol. The normalized spacial score (nSPS) is 34.7. The molecule has 2 atom stereocenters. The van der Waals surface area contributed by atoms with Crippen LogP contribution in [0.4, 0.5) is 0 Å². The number of hydrogen-bond acceptors (Lipinski definition) is 2. The van der Waals surface area contributed by atoms with Gasteiger partial charge in [-0.25, -0.2) is 0 Å². The van der Waals surface area contributed by atoms with Gasteiger partial charge in [-0.3, -0.25) is 4.21 Å². The van der Waals surface area contributed by atoms with Gasteiger partial charge in [-0.15, -0.1) is 11.8 Å². The molecule has 2 unspecified atom stereocenters. The van der Waals surface area contributed by atoms with Gasteiger partial charge in [-0.2, -0.15) is 0 Å². The van der Waals surface area contributed by atoms with Gasteiger partial charge in [0, 0.05) is 22.3 Å². The zero-order valence-corrected chi connectivity index (χ0v) is 8.35. The minimum absolute atomic E-state index is 0.214. The van der Waals surface area contributed by atoms with Gasteiger partial charge < -0.3 is 0 Å². The minimum Gasteiger partial charge on any atom is -0.258 e. The van der Waals surface area contributed by atoms with Crippen LogP contribution < -0.4 is 0 Å². The summed E-state index contributed by atoms with van der Waals surface area (Å²) in [7, 11) is -0.567. The van der Waals surface area contributed by atoms with E-state index in [4.69, 9.17) is 0 Å². The van der Waals surface area contributed by atoms with E-state index in [2.05, 4.69) is 20.8 Å². The Morgan fingerprint density at radius 2 is 2.10 bits per heavy atom. The first-order chi connectivity index (χ1) is 4.52. The average Bonchev–Trinajstić information content (AvgIpc) is 2.11. The Balaban J connectivity index is 2.64. The van der Waals surface area contributed by atoms with E-state index in [0.717, 1.165) is 11.5 Å². The van der Waals surface area contributed by atoms with Gasteiger partial charge in [0.25, 0.3) is 0 Å². The first-order valence-corrected chi connectivity index (χ1v) is 5.93. The van der Waals surface area contributed by atoms with E-state index in [9.17, 15) is 4.21 Å². The second-order valence-corrected chi connectivity index (χ2v) is 6.81. The molecule has 1 fully saturated rings. The van der Waals surface area contributed by atoms with Crippen LogP contribution >= 0.6 is 11.8 Å². The lowest BCUT2D eigenvalue weighted by Crippen LogP contribution is -2.24. The van der Waals surface area contributed by atoms with Crippen molar-refractivity contribution in [1.82, 2.24) is 0 Å². The highest BCUT2D eigenvalue weighted by Gasteiger charge is 2.34. The first kappa shape index (κ1) is 8.60. The fourth-order valence-corrected chi connectivity index (χ4v) is 5.01. The molecular formula is C7H14OS2. The van der Waals surface area contributed by atoms with Gasteiger partial charge in [0.1, 0.15) is 0 Å². The van der Waals surface area contributed by atoms with E-state index in [1.807, 2.05) is 11.8 Å². The van der Waals surface area contributed by atoms with E-state index in [1.165, 1.54) is 0 Å². The molecule has 3 heteroatoms. The molecule has 0 aromatic heterocycles. The van der Waals surface area contributed by atoms with Crippen LogP contribution in [0.3, 0.4) is 0 Å². The monoisotopic (exact) mass is 178 g/mol. The molecule has 1 rings (SSSR count). The van der Waals surface area contributed by atoms with E-state index < -0.39 is 10.8 Å². The molecule has 0 bridgehead atoms. The summed E-state index contributed by atoms with van der Waals surface area (Å²) >= 11 is 1.86. The quantitative estimate of drug-likeness (QED) is 0.563. The summed E-state index contributed by atoms with van der Waals surface area (Å²) < 4.78 is 11.7. The Morgan fingerprint density at radius 1 is 1.50 bits per heavy atom. The Morgan fingerprint density at radius 3 is 2.30 bits per heavy atom. The molecule has 1 heterocycles. The van der Waals surface area contributed by atoms with Crippen molar-refractivity contribution >= 4 is 22.6 Å². The topological polar surface area (TPSA) is 17.1 Å². The summed E-state index contributed by atoms with van der Waals surface area (Å²) in [5, 5.41) is 0. The van der Waals surface area contributed by atoms with Gasteiger partial charge >= 0.3 is 0 Å². The highest BCUT2D eigenvalue weighted by Crippen LogP contribution is 2.37. The van der Waals surface area contributed by atoms with Crippen molar-refractivity contribution in [3.05, 3.63) is 0 Å². The minimum atomic E-state index is -0.567. The molecule has 10 heavy (non-hydrogen) atoms. The van der Waals surface area contributed by atoms with E-state index >= 15 is 0 Å². The molecule has 0 radical (unpaired) electrons. The Labute approximate surface area is 69.4 Å². The van der Waals surface area contributed by atoms with E-state index in [-0.39, 0.29) is 5.41 Å². The molecule has 60 valence electrons. The molecule has 1 saturated heterocycles. The van der Waals surface area contributed by atoms with Crippen molar-refractivity contribution in [2.24, 2.45) is 5.41 Å². The van der Waals surface area contributed by atoms with Crippen LogP contribution in [-0.4, -0.2) is 20.3 Å². The molecule has 0 spiro atoms. The van der Waals surface area contributed by atoms with Crippen molar-refractivity contribution in [3.8, 4) is 0 Å². The van der Waals surface area contributed by atoms with Gasteiger partial charge in [0.05, 0.1) is 4.58 Å².